The Kier molecular flexibility index (Phi) is 4.81. The van der Waals surface area contributed by atoms with Crippen molar-refractivity contribution in [2.75, 3.05) is 26.7 Å². The van der Waals surface area contributed by atoms with Crippen LogP contribution in [0, 0.1) is 5.92 Å². The number of amides is 4. The molecule has 0 bridgehead atoms. The summed E-state index contributed by atoms with van der Waals surface area (Å²) in [6.07, 6.45) is 3.21. The molecule has 2 fully saturated rings. The summed E-state index contributed by atoms with van der Waals surface area (Å²) in [6.45, 7) is 1.18. The van der Waals surface area contributed by atoms with Crippen molar-refractivity contribution in [2.45, 2.75) is 31.7 Å². The van der Waals surface area contributed by atoms with Gasteiger partial charge < -0.3 is 20.9 Å². The van der Waals surface area contributed by atoms with E-state index in [-0.39, 0.29) is 36.3 Å². The maximum atomic E-state index is 12.0. The van der Waals surface area contributed by atoms with Gasteiger partial charge in [0.1, 0.15) is 6.54 Å². The van der Waals surface area contributed by atoms with Crippen LogP contribution < -0.4 is 16.0 Å². The van der Waals surface area contributed by atoms with Crippen LogP contribution in [0.2, 0.25) is 0 Å². The number of carbonyl (C=O) groups is 3. The first kappa shape index (κ1) is 14.6. The zero-order valence-electron chi connectivity index (χ0n) is 11.8. The topological polar surface area (TPSA) is 90.5 Å². The van der Waals surface area contributed by atoms with E-state index in [1.54, 1.807) is 7.05 Å². The third-order valence-corrected chi connectivity index (χ3v) is 4.00. The largest absolute Gasteiger partial charge is 0.359 e. The van der Waals surface area contributed by atoms with Crippen LogP contribution in [-0.2, 0) is 9.59 Å². The molecular formula is C13H22N4O3. The standard InChI is InChI=1S/C13H22N4O3/c1-14-12(19)9-2-4-10(5-3-9)16-13(20)17-7-6-15-11(18)8-17/h9-10H,2-8H2,1H3,(H,14,19)(H,15,18)(H,16,20). The Morgan fingerprint density at radius 1 is 1.25 bits per heavy atom. The minimum absolute atomic E-state index is 0.0638. The molecule has 0 radical (unpaired) electrons. The summed E-state index contributed by atoms with van der Waals surface area (Å²) in [7, 11) is 1.65. The van der Waals surface area contributed by atoms with Gasteiger partial charge in [-0.2, -0.15) is 0 Å². The molecule has 4 amide bonds. The van der Waals surface area contributed by atoms with E-state index in [1.165, 1.54) is 4.90 Å². The fourth-order valence-corrected chi connectivity index (χ4v) is 2.78. The summed E-state index contributed by atoms with van der Waals surface area (Å²) in [5.41, 5.74) is 0. The Hall–Kier alpha value is -1.79. The van der Waals surface area contributed by atoms with Gasteiger partial charge in [-0.25, -0.2) is 4.79 Å². The quantitative estimate of drug-likeness (QED) is 0.633. The summed E-state index contributed by atoms with van der Waals surface area (Å²) in [5, 5.41) is 8.32. The van der Waals surface area contributed by atoms with Crippen LogP contribution in [0.15, 0.2) is 0 Å². The summed E-state index contributed by atoms with van der Waals surface area (Å²) >= 11 is 0. The second kappa shape index (κ2) is 6.58. The molecule has 2 aliphatic rings. The van der Waals surface area contributed by atoms with Gasteiger partial charge in [-0.05, 0) is 25.7 Å². The molecule has 1 aliphatic heterocycles. The first-order valence-electron chi connectivity index (χ1n) is 7.14. The van der Waals surface area contributed by atoms with Gasteiger partial charge in [0.15, 0.2) is 0 Å². The van der Waals surface area contributed by atoms with E-state index in [2.05, 4.69) is 16.0 Å². The molecule has 2 rings (SSSR count). The van der Waals surface area contributed by atoms with Crippen LogP contribution in [0.3, 0.4) is 0 Å². The Bertz CT molecular complexity index is 391. The molecule has 20 heavy (non-hydrogen) atoms. The van der Waals surface area contributed by atoms with Crippen molar-refractivity contribution >= 4 is 17.8 Å². The van der Waals surface area contributed by atoms with Gasteiger partial charge in [0.25, 0.3) is 0 Å². The van der Waals surface area contributed by atoms with Crippen molar-refractivity contribution in [3.63, 3.8) is 0 Å². The fraction of sp³-hybridized carbons (Fsp3) is 0.769. The van der Waals surface area contributed by atoms with E-state index in [1.807, 2.05) is 0 Å². The van der Waals surface area contributed by atoms with Gasteiger partial charge >= 0.3 is 6.03 Å². The molecule has 0 aromatic carbocycles. The molecule has 7 nitrogen and oxygen atoms in total. The Balaban J connectivity index is 1.76. The lowest BCUT2D eigenvalue weighted by Gasteiger charge is -2.32. The third-order valence-electron chi connectivity index (χ3n) is 4.00. The average Bonchev–Trinajstić information content (AvgIpc) is 2.47. The number of nitrogens with zero attached hydrogens (tertiary/aromatic N) is 1. The van der Waals surface area contributed by atoms with Crippen molar-refractivity contribution in [3.8, 4) is 0 Å². The van der Waals surface area contributed by atoms with E-state index in [0.29, 0.717) is 13.1 Å². The lowest BCUT2D eigenvalue weighted by molar-refractivity contribution is -0.125. The molecule has 3 N–H and O–H groups in total. The highest BCUT2D eigenvalue weighted by molar-refractivity contribution is 5.85. The molecule has 7 heteroatoms. The highest BCUT2D eigenvalue weighted by atomic mass is 16.2. The number of urea groups is 1. The molecule has 1 saturated heterocycles. The van der Waals surface area contributed by atoms with E-state index in [9.17, 15) is 14.4 Å². The molecule has 0 unspecified atom stereocenters. The van der Waals surface area contributed by atoms with E-state index in [0.717, 1.165) is 25.7 Å². The molecular weight excluding hydrogens is 260 g/mol. The normalized spacial score (nSPS) is 26.6. The number of carbonyl (C=O) groups excluding carboxylic acids is 3. The van der Waals surface area contributed by atoms with Crippen LogP contribution >= 0.6 is 0 Å². The van der Waals surface area contributed by atoms with Crippen molar-refractivity contribution in [2.24, 2.45) is 5.92 Å². The predicted molar refractivity (Wildman–Crippen MR) is 72.9 cm³/mol. The zero-order chi connectivity index (χ0) is 14.5. The van der Waals surface area contributed by atoms with Crippen molar-refractivity contribution in [1.82, 2.24) is 20.9 Å². The fourth-order valence-electron chi connectivity index (χ4n) is 2.78. The molecule has 1 heterocycles. The second-order valence-electron chi connectivity index (χ2n) is 5.38. The molecule has 0 atom stereocenters. The third kappa shape index (κ3) is 3.61. The highest BCUT2D eigenvalue weighted by Crippen LogP contribution is 2.24. The van der Waals surface area contributed by atoms with Crippen LogP contribution in [-0.4, -0.2) is 55.5 Å². The monoisotopic (exact) mass is 282 g/mol. The number of hydrogen-bond donors (Lipinski definition) is 3. The predicted octanol–water partition coefficient (Wildman–Crippen LogP) is -0.567. The lowest BCUT2D eigenvalue weighted by Crippen LogP contribution is -2.55. The number of hydrogen-bond acceptors (Lipinski definition) is 3. The van der Waals surface area contributed by atoms with Gasteiger partial charge in [0.05, 0.1) is 0 Å². The summed E-state index contributed by atoms with van der Waals surface area (Å²) in [6, 6.07) is -0.0726. The number of nitrogens with one attached hydrogen (secondary N) is 3. The Labute approximate surface area is 118 Å². The minimum Gasteiger partial charge on any atom is -0.359 e. The summed E-state index contributed by atoms with van der Waals surface area (Å²) < 4.78 is 0. The molecule has 1 aliphatic carbocycles. The lowest BCUT2D eigenvalue weighted by atomic mass is 9.85. The van der Waals surface area contributed by atoms with Crippen LogP contribution in [0.1, 0.15) is 25.7 Å². The molecule has 0 spiro atoms. The van der Waals surface area contributed by atoms with E-state index in [4.69, 9.17) is 0 Å². The average molecular weight is 282 g/mol. The van der Waals surface area contributed by atoms with Gasteiger partial charge in [-0.1, -0.05) is 0 Å². The van der Waals surface area contributed by atoms with E-state index >= 15 is 0 Å². The first-order valence-corrected chi connectivity index (χ1v) is 7.14. The second-order valence-corrected chi connectivity index (χ2v) is 5.38. The van der Waals surface area contributed by atoms with Crippen molar-refractivity contribution < 1.29 is 14.4 Å². The van der Waals surface area contributed by atoms with Crippen LogP contribution in [0.25, 0.3) is 0 Å². The smallest absolute Gasteiger partial charge is 0.318 e. The van der Waals surface area contributed by atoms with Crippen LogP contribution in [0.4, 0.5) is 4.79 Å². The molecule has 0 aromatic rings. The van der Waals surface area contributed by atoms with Crippen molar-refractivity contribution in [3.05, 3.63) is 0 Å². The zero-order valence-corrected chi connectivity index (χ0v) is 11.8. The van der Waals surface area contributed by atoms with E-state index < -0.39 is 0 Å². The van der Waals surface area contributed by atoms with Gasteiger partial charge in [-0.15, -0.1) is 0 Å². The summed E-state index contributed by atoms with van der Waals surface area (Å²) in [4.78, 5) is 36.3. The Morgan fingerprint density at radius 2 is 1.95 bits per heavy atom. The minimum atomic E-state index is -0.178. The van der Waals surface area contributed by atoms with Gasteiger partial charge in [0.2, 0.25) is 11.8 Å². The first-order chi connectivity index (χ1) is 9.60. The maximum Gasteiger partial charge on any atom is 0.318 e. The number of rotatable bonds is 2. The molecule has 1 saturated carbocycles. The summed E-state index contributed by atoms with van der Waals surface area (Å²) in [5.74, 6) is 0.0334. The Morgan fingerprint density at radius 3 is 2.55 bits per heavy atom. The highest BCUT2D eigenvalue weighted by Gasteiger charge is 2.28. The van der Waals surface area contributed by atoms with Gasteiger partial charge in [0, 0.05) is 32.1 Å². The SMILES string of the molecule is CNC(=O)C1CCC(NC(=O)N2CCNC(=O)C2)CC1. The molecule has 0 aromatic heterocycles. The van der Waals surface area contributed by atoms with Crippen molar-refractivity contribution in [1.29, 1.82) is 0 Å². The number of piperazine rings is 1. The van der Waals surface area contributed by atoms with Gasteiger partial charge in [-0.3, -0.25) is 9.59 Å². The maximum absolute atomic E-state index is 12.0. The van der Waals surface area contributed by atoms with Crippen LogP contribution in [0.5, 0.6) is 0 Å². The molecule has 112 valence electrons.